The molecule has 1 aromatic heterocycles. The van der Waals surface area contributed by atoms with Gasteiger partial charge in [0, 0.05) is 16.9 Å². The Kier molecular flexibility index (Phi) is 5.17. The number of nitrogens with one attached hydrogen (secondary N) is 1. The average molecular weight is 326 g/mol. The number of methoxy groups -OCH3 is 1. The summed E-state index contributed by atoms with van der Waals surface area (Å²) in [5.41, 5.74) is 1.30. The number of ether oxygens (including phenoxy) is 1. The first kappa shape index (κ1) is 15.8. The Morgan fingerprint density at radius 3 is 2.90 bits per heavy atom. The third-order valence-electron chi connectivity index (χ3n) is 2.66. The van der Waals surface area contributed by atoms with Crippen molar-refractivity contribution in [3.63, 3.8) is 0 Å². The van der Waals surface area contributed by atoms with Crippen molar-refractivity contribution in [2.75, 3.05) is 26.5 Å². The maximum Gasteiger partial charge on any atom is 0.261 e. The maximum absolute atomic E-state index is 12.3. The smallest absolute Gasteiger partial charge is 0.261 e. The van der Waals surface area contributed by atoms with Gasteiger partial charge in [-0.2, -0.15) is 0 Å². The molecule has 5 nitrogen and oxygen atoms in total. The zero-order chi connectivity index (χ0) is 15.4. The molecule has 0 fully saturated rings. The SMILES string of the molecule is COc1ccc(Cl)cc1C(=O)Nc1nc(CN(C)C)cs1. The Morgan fingerprint density at radius 2 is 2.24 bits per heavy atom. The molecule has 0 radical (unpaired) electrons. The first-order valence-electron chi connectivity index (χ1n) is 6.23. The fourth-order valence-corrected chi connectivity index (χ4v) is 2.65. The number of benzene rings is 1. The van der Waals surface area contributed by atoms with E-state index >= 15 is 0 Å². The summed E-state index contributed by atoms with van der Waals surface area (Å²) in [5, 5.41) is 5.72. The molecular formula is C14H16ClN3O2S. The van der Waals surface area contributed by atoms with E-state index in [9.17, 15) is 4.79 Å². The second-order valence-corrected chi connectivity index (χ2v) is 5.98. The lowest BCUT2D eigenvalue weighted by molar-refractivity contribution is 0.102. The fraction of sp³-hybridized carbons (Fsp3) is 0.286. The molecule has 0 saturated carbocycles. The third kappa shape index (κ3) is 4.17. The van der Waals surface area contributed by atoms with Crippen molar-refractivity contribution in [1.29, 1.82) is 0 Å². The second kappa shape index (κ2) is 6.89. The molecule has 7 heteroatoms. The molecule has 112 valence electrons. The van der Waals surface area contributed by atoms with Gasteiger partial charge in [-0.25, -0.2) is 4.98 Å². The number of nitrogens with zero attached hydrogens (tertiary/aromatic N) is 2. The summed E-state index contributed by atoms with van der Waals surface area (Å²) in [6.45, 7) is 0.729. The standard InChI is InChI=1S/C14H16ClN3O2S/c1-18(2)7-10-8-21-14(16-10)17-13(19)11-6-9(15)4-5-12(11)20-3/h4-6,8H,7H2,1-3H3,(H,16,17,19). The van der Waals surface area contributed by atoms with Crippen LogP contribution in [0.5, 0.6) is 5.75 Å². The molecule has 2 aromatic rings. The van der Waals surface area contributed by atoms with Crippen molar-refractivity contribution in [1.82, 2.24) is 9.88 Å². The van der Waals surface area contributed by atoms with E-state index in [0.717, 1.165) is 12.2 Å². The zero-order valence-corrected chi connectivity index (χ0v) is 13.6. The van der Waals surface area contributed by atoms with Crippen molar-refractivity contribution in [2.24, 2.45) is 0 Å². The number of halogens is 1. The number of thiazole rings is 1. The van der Waals surface area contributed by atoms with Crippen molar-refractivity contribution >= 4 is 34.0 Å². The average Bonchev–Trinajstić information content (AvgIpc) is 2.85. The van der Waals surface area contributed by atoms with E-state index in [1.54, 1.807) is 18.2 Å². The first-order chi connectivity index (χ1) is 9.99. The summed E-state index contributed by atoms with van der Waals surface area (Å²) in [7, 11) is 5.45. The van der Waals surface area contributed by atoms with E-state index in [2.05, 4.69) is 10.3 Å². The number of anilines is 1. The number of hydrogen-bond donors (Lipinski definition) is 1. The summed E-state index contributed by atoms with van der Waals surface area (Å²) in [6, 6.07) is 4.91. The molecule has 21 heavy (non-hydrogen) atoms. The quantitative estimate of drug-likeness (QED) is 0.917. The second-order valence-electron chi connectivity index (χ2n) is 4.68. The number of aromatic nitrogens is 1. The van der Waals surface area contributed by atoms with Crippen LogP contribution >= 0.6 is 22.9 Å². The summed E-state index contributed by atoms with van der Waals surface area (Å²) in [4.78, 5) is 18.7. The number of carbonyl (C=O) groups excluding carboxylic acids is 1. The molecule has 1 aromatic carbocycles. The highest BCUT2D eigenvalue weighted by atomic mass is 35.5. The summed E-state index contributed by atoms with van der Waals surface area (Å²) in [6.07, 6.45) is 0. The van der Waals surface area contributed by atoms with Gasteiger partial charge in [0.1, 0.15) is 5.75 Å². The van der Waals surface area contributed by atoms with Crippen LogP contribution in [0.3, 0.4) is 0 Å². The van der Waals surface area contributed by atoms with Crippen LogP contribution in [-0.2, 0) is 6.54 Å². The van der Waals surface area contributed by atoms with Crippen LogP contribution in [0.25, 0.3) is 0 Å². The predicted octanol–water partition coefficient (Wildman–Crippen LogP) is 3.12. The molecule has 2 rings (SSSR count). The monoisotopic (exact) mass is 325 g/mol. The van der Waals surface area contributed by atoms with Gasteiger partial charge >= 0.3 is 0 Å². The highest BCUT2D eigenvalue weighted by Gasteiger charge is 2.14. The van der Waals surface area contributed by atoms with Gasteiger partial charge in [0.05, 0.1) is 18.4 Å². The van der Waals surface area contributed by atoms with Gasteiger partial charge in [0.2, 0.25) is 0 Å². The van der Waals surface area contributed by atoms with Crippen molar-refractivity contribution in [3.8, 4) is 5.75 Å². The molecule has 0 aliphatic rings. The lowest BCUT2D eigenvalue weighted by Crippen LogP contribution is -2.14. The summed E-state index contributed by atoms with van der Waals surface area (Å²) >= 11 is 7.32. The van der Waals surface area contributed by atoms with Crippen LogP contribution < -0.4 is 10.1 Å². The van der Waals surface area contributed by atoms with Gasteiger partial charge in [-0.1, -0.05) is 11.6 Å². The topological polar surface area (TPSA) is 54.5 Å². The molecule has 0 aliphatic carbocycles. The fourth-order valence-electron chi connectivity index (χ4n) is 1.78. The minimum absolute atomic E-state index is 0.292. The van der Waals surface area contributed by atoms with Crippen molar-refractivity contribution < 1.29 is 9.53 Å². The Balaban J connectivity index is 2.14. The number of hydrogen-bond acceptors (Lipinski definition) is 5. The van der Waals surface area contributed by atoms with Gasteiger partial charge in [0.15, 0.2) is 5.13 Å². The molecule has 1 heterocycles. The molecule has 0 bridgehead atoms. The minimum atomic E-state index is -0.292. The Labute approximate surface area is 132 Å². The van der Waals surface area contributed by atoms with Gasteiger partial charge in [-0.15, -0.1) is 11.3 Å². The van der Waals surface area contributed by atoms with E-state index in [-0.39, 0.29) is 5.91 Å². The molecular weight excluding hydrogens is 310 g/mol. The van der Waals surface area contributed by atoms with Crippen LogP contribution in [0.1, 0.15) is 16.1 Å². The maximum atomic E-state index is 12.3. The molecule has 0 saturated heterocycles. The van der Waals surface area contributed by atoms with Crippen LogP contribution in [0.15, 0.2) is 23.6 Å². The van der Waals surface area contributed by atoms with Gasteiger partial charge in [-0.05, 0) is 32.3 Å². The highest BCUT2D eigenvalue weighted by molar-refractivity contribution is 7.14. The lowest BCUT2D eigenvalue weighted by atomic mass is 10.2. The van der Waals surface area contributed by atoms with Crippen LogP contribution in [-0.4, -0.2) is 37.0 Å². The largest absolute Gasteiger partial charge is 0.496 e. The number of carbonyl (C=O) groups is 1. The minimum Gasteiger partial charge on any atom is -0.496 e. The molecule has 0 spiro atoms. The van der Waals surface area contributed by atoms with Crippen molar-refractivity contribution in [2.45, 2.75) is 6.54 Å². The number of rotatable bonds is 5. The van der Waals surface area contributed by atoms with Crippen LogP contribution in [0, 0.1) is 0 Å². The molecule has 1 N–H and O–H groups in total. The van der Waals surface area contributed by atoms with E-state index in [1.807, 2.05) is 24.4 Å². The molecule has 1 amide bonds. The van der Waals surface area contributed by atoms with Crippen molar-refractivity contribution in [3.05, 3.63) is 39.9 Å². The predicted molar refractivity (Wildman–Crippen MR) is 85.5 cm³/mol. The van der Waals surface area contributed by atoms with E-state index < -0.39 is 0 Å². The van der Waals surface area contributed by atoms with E-state index in [1.165, 1.54) is 18.4 Å². The van der Waals surface area contributed by atoms with Crippen LogP contribution in [0.4, 0.5) is 5.13 Å². The van der Waals surface area contributed by atoms with Crippen LogP contribution in [0.2, 0.25) is 5.02 Å². The number of amides is 1. The normalized spacial score (nSPS) is 10.7. The summed E-state index contributed by atoms with van der Waals surface area (Å²) in [5.74, 6) is 0.182. The van der Waals surface area contributed by atoms with Gasteiger partial charge < -0.3 is 9.64 Å². The Bertz CT molecular complexity index is 643. The lowest BCUT2D eigenvalue weighted by Gasteiger charge is -2.08. The van der Waals surface area contributed by atoms with Gasteiger partial charge in [0.25, 0.3) is 5.91 Å². The summed E-state index contributed by atoms with van der Waals surface area (Å²) < 4.78 is 5.17. The Morgan fingerprint density at radius 1 is 1.48 bits per heavy atom. The highest BCUT2D eigenvalue weighted by Crippen LogP contribution is 2.24. The zero-order valence-electron chi connectivity index (χ0n) is 12.0. The van der Waals surface area contributed by atoms with Gasteiger partial charge in [-0.3, -0.25) is 10.1 Å². The molecule has 0 aliphatic heterocycles. The Hall–Kier alpha value is -1.63. The molecule has 0 unspecified atom stereocenters. The van der Waals surface area contributed by atoms with E-state index in [4.69, 9.17) is 16.3 Å². The third-order valence-corrected chi connectivity index (χ3v) is 3.70. The first-order valence-corrected chi connectivity index (χ1v) is 7.49. The molecule has 0 atom stereocenters. The van der Waals surface area contributed by atoms with E-state index in [0.29, 0.717) is 21.5 Å².